The molecule has 8 heteroatoms. The van der Waals surface area contributed by atoms with Crippen molar-refractivity contribution >= 4 is 11.9 Å². The zero-order valence-corrected chi connectivity index (χ0v) is 18.7. The van der Waals surface area contributed by atoms with E-state index in [9.17, 15) is 14.0 Å². The Morgan fingerprint density at radius 3 is 2.88 bits per heavy atom. The fourth-order valence-electron chi connectivity index (χ4n) is 4.66. The number of ether oxygens (including phenoxy) is 2. The van der Waals surface area contributed by atoms with Crippen molar-refractivity contribution in [3.8, 4) is 0 Å². The highest BCUT2D eigenvalue weighted by molar-refractivity contribution is 5.95. The van der Waals surface area contributed by atoms with Crippen molar-refractivity contribution in [1.29, 1.82) is 0 Å². The minimum Gasteiger partial charge on any atom is -0.462 e. The molecule has 4 rings (SSSR count). The Bertz CT molecular complexity index is 1010. The molecular formula is C24H30FN3O4. The van der Waals surface area contributed by atoms with Crippen LogP contribution in [-0.2, 0) is 28.9 Å². The highest BCUT2D eigenvalue weighted by atomic mass is 19.1. The SMILES string of the molecule is CCn1nc(CCCOC(=O)c2cc(F)ccc2C)c2c1C(=O)NCC1(CCOCC1)C2. The first kappa shape index (κ1) is 22.5. The zero-order valence-electron chi connectivity index (χ0n) is 18.7. The monoisotopic (exact) mass is 443 g/mol. The summed E-state index contributed by atoms with van der Waals surface area (Å²) in [5.74, 6) is -1.06. The van der Waals surface area contributed by atoms with Crippen LogP contribution in [0.3, 0.4) is 0 Å². The molecule has 0 saturated carbocycles. The molecule has 7 nitrogen and oxygen atoms in total. The van der Waals surface area contributed by atoms with E-state index in [2.05, 4.69) is 5.32 Å². The van der Waals surface area contributed by atoms with E-state index >= 15 is 0 Å². The number of hydrogen-bond acceptors (Lipinski definition) is 5. The molecular weight excluding hydrogens is 413 g/mol. The molecule has 2 aliphatic heterocycles. The molecule has 1 saturated heterocycles. The number of nitrogens with zero attached hydrogens (tertiary/aromatic N) is 2. The van der Waals surface area contributed by atoms with Gasteiger partial charge in [0.2, 0.25) is 0 Å². The molecule has 0 unspecified atom stereocenters. The van der Waals surface area contributed by atoms with Crippen LogP contribution in [0.5, 0.6) is 0 Å². The number of carbonyl (C=O) groups is 2. The molecule has 0 atom stereocenters. The van der Waals surface area contributed by atoms with Crippen LogP contribution in [0.2, 0.25) is 0 Å². The van der Waals surface area contributed by atoms with E-state index in [1.807, 2.05) is 6.92 Å². The minimum absolute atomic E-state index is 0.00309. The lowest BCUT2D eigenvalue weighted by Crippen LogP contribution is -2.40. The van der Waals surface area contributed by atoms with E-state index < -0.39 is 11.8 Å². The molecule has 172 valence electrons. The van der Waals surface area contributed by atoms with Crippen molar-refractivity contribution in [3.63, 3.8) is 0 Å². The molecule has 1 amide bonds. The predicted molar refractivity (Wildman–Crippen MR) is 116 cm³/mol. The van der Waals surface area contributed by atoms with E-state index in [0.29, 0.717) is 50.4 Å². The van der Waals surface area contributed by atoms with Crippen molar-refractivity contribution in [1.82, 2.24) is 15.1 Å². The van der Waals surface area contributed by atoms with Gasteiger partial charge < -0.3 is 14.8 Å². The van der Waals surface area contributed by atoms with Crippen LogP contribution in [0.25, 0.3) is 0 Å². The van der Waals surface area contributed by atoms with Gasteiger partial charge in [-0.2, -0.15) is 5.10 Å². The van der Waals surface area contributed by atoms with Crippen LogP contribution in [0.15, 0.2) is 18.2 Å². The summed E-state index contributed by atoms with van der Waals surface area (Å²) in [7, 11) is 0. The molecule has 0 aliphatic carbocycles. The third kappa shape index (κ3) is 4.55. The van der Waals surface area contributed by atoms with Gasteiger partial charge in [0.05, 0.1) is 17.9 Å². The largest absolute Gasteiger partial charge is 0.462 e. The van der Waals surface area contributed by atoms with Gasteiger partial charge in [-0.15, -0.1) is 0 Å². The summed E-state index contributed by atoms with van der Waals surface area (Å²) in [5.41, 5.74) is 3.47. The summed E-state index contributed by atoms with van der Waals surface area (Å²) >= 11 is 0. The Kier molecular flexibility index (Phi) is 6.60. The van der Waals surface area contributed by atoms with Crippen molar-refractivity contribution in [3.05, 3.63) is 52.1 Å². The van der Waals surface area contributed by atoms with E-state index in [0.717, 1.165) is 30.5 Å². The highest BCUT2D eigenvalue weighted by Crippen LogP contribution is 2.37. The second-order valence-corrected chi connectivity index (χ2v) is 8.76. The Morgan fingerprint density at radius 1 is 1.34 bits per heavy atom. The van der Waals surface area contributed by atoms with Crippen LogP contribution in [0, 0.1) is 18.2 Å². The Morgan fingerprint density at radius 2 is 2.12 bits per heavy atom. The molecule has 2 aromatic rings. The third-order valence-electron chi connectivity index (χ3n) is 6.59. The summed E-state index contributed by atoms with van der Waals surface area (Å²) < 4.78 is 26.2. The van der Waals surface area contributed by atoms with E-state index in [-0.39, 0.29) is 23.5 Å². The number of aryl methyl sites for hydroxylation is 3. The fraction of sp³-hybridized carbons (Fsp3) is 0.542. The van der Waals surface area contributed by atoms with Crippen LogP contribution in [-0.4, -0.2) is 48.0 Å². The quantitative estimate of drug-likeness (QED) is 0.548. The average molecular weight is 444 g/mol. The molecule has 1 spiro atoms. The Balaban J connectivity index is 1.46. The molecule has 1 fully saturated rings. The minimum atomic E-state index is -0.527. The number of esters is 1. The Hall–Kier alpha value is -2.74. The van der Waals surface area contributed by atoms with Crippen molar-refractivity contribution in [2.45, 2.75) is 52.5 Å². The van der Waals surface area contributed by atoms with Gasteiger partial charge in [0, 0.05) is 31.9 Å². The van der Waals surface area contributed by atoms with Gasteiger partial charge in [0.25, 0.3) is 5.91 Å². The second kappa shape index (κ2) is 9.40. The normalized spacial score (nSPS) is 17.5. The van der Waals surface area contributed by atoms with Crippen molar-refractivity contribution < 1.29 is 23.5 Å². The number of amides is 1. The molecule has 1 aromatic carbocycles. The molecule has 1 N–H and O–H groups in total. The highest BCUT2D eigenvalue weighted by Gasteiger charge is 2.39. The lowest BCUT2D eigenvalue weighted by Gasteiger charge is -2.36. The van der Waals surface area contributed by atoms with Crippen LogP contribution in [0.4, 0.5) is 4.39 Å². The summed E-state index contributed by atoms with van der Waals surface area (Å²) in [6.45, 7) is 6.60. The second-order valence-electron chi connectivity index (χ2n) is 8.76. The number of carbonyl (C=O) groups excluding carboxylic acids is 2. The van der Waals surface area contributed by atoms with Crippen LogP contribution >= 0.6 is 0 Å². The van der Waals surface area contributed by atoms with E-state index in [4.69, 9.17) is 14.6 Å². The summed E-state index contributed by atoms with van der Waals surface area (Å²) in [5, 5.41) is 7.82. The first-order chi connectivity index (χ1) is 15.4. The molecule has 32 heavy (non-hydrogen) atoms. The number of hydrogen-bond donors (Lipinski definition) is 1. The molecule has 0 bridgehead atoms. The number of aromatic nitrogens is 2. The Labute approximate surface area is 187 Å². The lowest BCUT2D eigenvalue weighted by atomic mass is 9.75. The molecule has 3 heterocycles. The van der Waals surface area contributed by atoms with Gasteiger partial charge in [-0.25, -0.2) is 9.18 Å². The van der Waals surface area contributed by atoms with Gasteiger partial charge in [-0.05, 0) is 69.1 Å². The number of benzene rings is 1. The number of nitrogens with one attached hydrogen (secondary N) is 1. The number of rotatable bonds is 6. The number of fused-ring (bicyclic) bond motifs is 1. The molecule has 2 aliphatic rings. The molecule has 0 radical (unpaired) electrons. The van der Waals surface area contributed by atoms with Crippen LogP contribution < -0.4 is 5.32 Å². The maximum absolute atomic E-state index is 13.5. The van der Waals surface area contributed by atoms with Gasteiger partial charge in [0.1, 0.15) is 11.5 Å². The zero-order chi connectivity index (χ0) is 22.7. The lowest BCUT2D eigenvalue weighted by molar-refractivity contribution is 0.0160. The summed E-state index contributed by atoms with van der Waals surface area (Å²) in [6.07, 6.45) is 3.79. The maximum Gasteiger partial charge on any atom is 0.338 e. The predicted octanol–water partition coefficient (Wildman–Crippen LogP) is 3.22. The first-order valence-corrected chi connectivity index (χ1v) is 11.3. The fourth-order valence-corrected chi connectivity index (χ4v) is 4.66. The number of halogens is 1. The maximum atomic E-state index is 13.5. The van der Waals surface area contributed by atoms with Gasteiger partial charge in [0.15, 0.2) is 0 Å². The van der Waals surface area contributed by atoms with Gasteiger partial charge in [-0.3, -0.25) is 9.48 Å². The van der Waals surface area contributed by atoms with E-state index in [1.165, 1.54) is 12.1 Å². The summed E-state index contributed by atoms with van der Waals surface area (Å²) in [6, 6.07) is 4.09. The van der Waals surface area contributed by atoms with Crippen LogP contribution in [0.1, 0.15) is 63.9 Å². The topological polar surface area (TPSA) is 82.5 Å². The van der Waals surface area contributed by atoms with E-state index in [1.54, 1.807) is 17.7 Å². The third-order valence-corrected chi connectivity index (χ3v) is 6.59. The smallest absolute Gasteiger partial charge is 0.338 e. The first-order valence-electron chi connectivity index (χ1n) is 11.3. The van der Waals surface area contributed by atoms with Gasteiger partial charge >= 0.3 is 5.97 Å². The van der Waals surface area contributed by atoms with Gasteiger partial charge in [-0.1, -0.05) is 6.07 Å². The van der Waals surface area contributed by atoms with Crippen molar-refractivity contribution in [2.24, 2.45) is 5.41 Å². The van der Waals surface area contributed by atoms with Crippen molar-refractivity contribution in [2.75, 3.05) is 26.4 Å². The molecule has 1 aromatic heterocycles. The summed E-state index contributed by atoms with van der Waals surface area (Å²) in [4.78, 5) is 25.2. The average Bonchev–Trinajstić information content (AvgIpc) is 3.07. The standard InChI is InChI=1S/C24H30FN3O4/c1-3-28-21-19(14-24(15-26-22(21)29)8-11-31-12-9-24)20(27-28)5-4-10-32-23(30)18-13-17(25)7-6-16(18)2/h6-7,13H,3-5,8-12,14-15H2,1-2H3,(H,26,29).